The summed E-state index contributed by atoms with van der Waals surface area (Å²) < 4.78 is 11.4. The molecule has 2 fully saturated rings. The normalized spacial score (nSPS) is 19.2. The summed E-state index contributed by atoms with van der Waals surface area (Å²) in [6.45, 7) is 8.97. The maximum atomic E-state index is 12.7. The van der Waals surface area contributed by atoms with Crippen molar-refractivity contribution in [1.29, 1.82) is 0 Å². The fourth-order valence-electron chi connectivity index (χ4n) is 3.27. The van der Waals surface area contributed by atoms with Crippen molar-refractivity contribution in [2.45, 2.75) is 71.6 Å². The Morgan fingerprint density at radius 3 is 1.97 bits per heavy atom. The Balaban J connectivity index is 1.63. The number of benzene rings is 1. The van der Waals surface area contributed by atoms with Gasteiger partial charge in [0.05, 0.1) is 19.3 Å². The fourth-order valence-corrected chi connectivity index (χ4v) is 3.27. The molecule has 30 heavy (non-hydrogen) atoms. The molecule has 2 amide bonds. The first-order valence-electron chi connectivity index (χ1n) is 11.3. The molecule has 0 spiro atoms. The summed E-state index contributed by atoms with van der Waals surface area (Å²) >= 11 is 0. The molecule has 2 saturated carbocycles. The Hall–Kier alpha value is -1.92. The van der Waals surface area contributed by atoms with Gasteiger partial charge in [-0.1, -0.05) is 32.0 Å². The quantitative estimate of drug-likeness (QED) is 0.539. The van der Waals surface area contributed by atoms with E-state index in [-0.39, 0.29) is 23.8 Å². The van der Waals surface area contributed by atoms with Crippen molar-refractivity contribution in [3.63, 3.8) is 0 Å². The third-order valence-electron chi connectivity index (χ3n) is 5.81. The standard InChI is InChI=1S/C24H36N2O4/c1-15(2)22(26-24(28)17(4)30-14-19-11-12-19)20-7-5-6-8-21(20)25-23(27)16(3)29-13-18-9-10-18/h5-8,15-19,22H,9-14H2,1-4H3,(H,25,27)(H,26,28)/t16-,17-,22+/m0/s1. The monoisotopic (exact) mass is 416 g/mol. The number of ether oxygens (including phenoxy) is 2. The summed E-state index contributed by atoms with van der Waals surface area (Å²) in [5.41, 5.74) is 1.59. The Bertz CT molecular complexity index is 728. The van der Waals surface area contributed by atoms with Gasteiger partial charge in [-0.25, -0.2) is 0 Å². The Labute approximate surface area is 180 Å². The van der Waals surface area contributed by atoms with Crippen molar-refractivity contribution in [3.8, 4) is 0 Å². The summed E-state index contributed by atoms with van der Waals surface area (Å²) in [6, 6.07) is 7.40. The molecular formula is C24H36N2O4. The van der Waals surface area contributed by atoms with Gasteiger partial charge in [-0.05, 0) is 68.9 Å². The lowest BCUT2D eigenvalue weighted by atomic mass is 9.94. The molecule has 0 heterocycles. The first kappa shape index (κ1) is 22.8. The van der Waals surface area contributed by atoms with Gasteiger partial charge in [-0.3, -0.25) is 9.59 Å². The van der Waals surface area contributed by atoms with Crippen LogP contribution >= 0.6 is 0 Å². The molecule has 3 rings (SSSR count). The zero-order chi connectivity index (χ0) is 21.7. The molecule has 3 atom stereocenters. The van der Waals surface area contributed by atoms with Gasteiger partial charge >= 0.3 is 0 Å². The van der Waals surface area contributed by atoms with E-state index in [1.54, 1.807) is 13.8 Å². The molecule has 0 unspecified atom stereocenters. The number of hydrogen-bond acceptors (Lipinski definition) is 4. The summed E-state index contributed by atoms with van der Waals surface area (Å²) in [5, 5.41) is 6.12. The van der Waals surface area contributed by atoms with Crippen LogP contribution in [-0.4, -0.2) is 37.2 Å². The molecular weight excluding hydrogens is 380 g/mol. The van der Waals surface area contributed by atoms with E-state index < -0.39 is 12.2 Å². The molecule has 2 aliphatic rings. The summed E-state index contributed by atoms with van der Waals surface area (Å²) in [4.78, 5) is 25.3. The molecule has 1 aromatic rings. The van der Waals surface area contributed by atoms with Gasteiger partial charge in [0.15, 0.2) is 0 Å². The SMILES string of the molecule is CC(C)[C@@H](NC(=O)[C@H](C)OCC1CC1)c1ccccc1NC(=O)[C@H](C)OCC1CC1. The summed E-state index contributed by atoms with van der Waals surface area (Å²) in [6.07, 6.45) is 3.76. The van der Waals surface area contributed by atoms with Gasteiger partial charge < -0.3 is 20.1 Å². The molecule has 0 bridgehead atoms. The number of hydrogen-bond donors (Lipinski definition) is 2. The van der Waals surface area contributed by atoms with Crippen molar-refractivity contribution < 1.29 is 19.1 Å². The predicted octanol–water partition coefficient (Wildman–Crippen LogP) is 4.07. The van der Waals surface area contributed by atoms with Crippen LogP contribution in [0.25, 0.3) is 0 Å². The highest BCUT2D eigenvalue weighted by Gasteiger charge is 2.28. The van der Waals surface area contributed by atoms with Crippen LogP contribution in [0.4, 0.5) is 5.69 Å². The summed E-state index contributed by atoms with van der Waals surface area (Å²) in [7, 11) is 0. The summed E-state index contributed by atoms with van der Waals surface area (Å²) in [5.74, 6) is 1.07. The minimum atomic E-state index is -0.512. The number of para-hydroxylation sites is 1. The van der Waals surface area contributed by atoms with E-state index in [1.165, 1.54) is 25.7 Å². The van der Waals surface area contributed by atoms with Crippen LogP contribution in [-0.2, 0) is 19.1 Å². The van der Waals surface area contributed by atoms with Crippen LogP contribution in [0.1, 0.15) is 65.0 Å². The third kappa shape index (κ3) is 6.81. The van der Waals surface area contributed by atoms with Crippen LogP contribution in [0, 0.1) is 17.8 Å². The molecule has 6 heteroatoms. The zero-order valence-electron chi connectivity index (χ0n) is 18.6. The van der Waals surface area contributed by atoms with Crippen LogP contribution in [0.3, 0.4) is 0 Å². The second kappa shape index (κ2) is 10.4. The Morgan fingerprint density at radius 2 is 1.43 bits per heavy atom. The van der Waals surface area contributed by atoms with Crippen LogP contribution in [0.15, 0.2) is 24.3 Å². The minimum absolute atomic E-state index is 0.128. The van der Waals surface area contributed by atoms with Crippen molar-refractivity contribution in [2.24, 2.45) is 17.8 Å². The molecule has 0 aromatic heterocycles. The lowest BCUT2D eigenvalue weighted by Gasteiger charge is -2.27. The van der Waals surface area contributed by atoms with E-state index in [0.29, 0.717) is 30.7 Å². The highest BCUT2D eigenvalue weighted by molar-refractivity contribution is 5.94. The molecule has 166 valence electrons. The van der Waals surface area contributed by atoms with Crippen molar-refractivity contribution in [1.82, 2.24) is 5.32 Å². The van der Waals surface area contributed by atoms with E-state index in [9.17, 15) is 9.59 Å². The van der Waals surface area contributed by atoms with Crippen molar-refractivity contribution in [2.75, 3.05) is 18.5 Å². The minimum Gasteiger partial charge on any atom is -0.368 e. The van der Waals surface area contributed by atoms with E-state index in [1.807, 2.05) is 24.3 Å². The number of carbonyl (C=O) groups excluding carboxylic acids is 2. The molecule has 0 aliphatic heterocycles. The van der Waals surface area contributed by atoms with Gasteiger partial charge in [-0.2, -0.15) is 0 Å². The van der Waals surface area contributed by atoms with Crippen LogP contribution < -0.4 is 10.6 Å². The lowest BCUT2D eigenvalue weighted by Crippen LogP contribution is -2.39. The zero-order valence-corrected chi connectivity index (χ0v) is 18.6. The van der Waals surface area contributed by atoms with E-state index in [2.05, 4.69) is 24.5 Å². The first-order chi connectivity index (χ1) is 14.3. The van der Waals surface area contributed by atoms with Crippen molar-refractivity contribution >= 4 is 17.5 Å². The second-order valence-corrected chi connectivity index (χ2v) is 9.14. The van der Waals surface area contributed by atoms with Gasteiger partial charge in [0.2, 0.25) is 5.91 Å². The van der Waals surface area contributed by atoms with E-state index in [4.69, 9.17) is 9.47 Å². The smallest absolute Gasteiger partial charge is 0.253 e. The molecule has 2 aliphatic carbocycles. The van der Waals surface area contributed by atoms with Crippen molar-refractivity contribution in [3.05, 3.63) is 29.8 Å². The average Bonchev–Trinajstić information content (AvgIpc) is 3.63. The van der Waals surface area contributed by atoms with E-state index in [0.717, 1.165) is 5.56 Å². The number of rotatable bonds is 12. The lowest BCUT2D eigenvalue weighted by molar-refractivity contribution is -0.133. The third-order valence-corrected chi connectivity index (χ3v) is 5.81. The maximum absolute atomic E-state index is 12.7. The average molecular weight is 417 g/mol. The number of amides is 2. The number of carbonyl (C=O) groups is 2. The predicted molar refractivity (Wildman–Crippen MR) is 117 cm³/mol. The number of nitrogens with one attached hydrogen (secondary N) is 2. The largest absolute Gasteiger partial charge is 0.368 e. The number of anilines is 1. The topological polar surface area (TPSA) is 76.7 Å². The molecule has 0 radical (unpaired) electrons. The highest BCUT2D eigenvalue weighted by Crippen LogP contribution is 2.31. The fraction of sp³-hybridized carbons (Fsp3) is 0.667. The molecule has 1 aromatic carbocycles. The van der Waals surface area contributed by atoms with E-state index >= 15 is 0 Å². The van der Waals surface area contributed by atoms with Gasteiger partial charge in [0.1, 0.15) is 12.2 Å². The second-order valence-electron chi connectivity index (χ2n) is 9.14. The van der Waals surface area contributed by atoms with Gasteiger partial charge in [0, 0.05) is 5.69 Å². The first-order valence-corrected chi connectivity index (χ1v) is 11.3. The van der Waals surface area contributed by atoms with Crippen LogP contribution in [0.2, 0.25) is 0 Å². The molecule has 6 nitrogen and oxygen atoms in total. The maximum Gasteiger partial charge on any atom is 0.253 e. The Kier molecular flexibility index (Phi) is 7.89. The Morgan fingerprint density at radius 1 is 0.900 bits per heavy atom. The molecule has 0 saturated heterocycles. The molecule has 2 N–H and O–H groups in total. The highest BCUT2D eigenvalue weighted by atomic mass is 16.5. The van der Waals surface area contributed by atoms with Gasteiger partial charge in [0.25, 0.3) is 5.91 Å². The van der Waals surface area contributed by atoms with Gasteiger partial charge in [-0.15, -0.1) is 0 Å². The van der Waals surface area contributed by atoms with Crippen LogP contribution in [0.5, 0.6) is 0 Å².